The Hall–Kier alpha value is -6.95. The van der Waals surface area contributed by atoms with Crippen LogP contribution in [-0.2, 0) is 6.61 Å². The van der Waals surface area contributed by atoms with Gasteiger partial charge in [-0.25, -0.2) is 0 Å². The third kappa shape index (κ3) is 4.94. The van der Waals surface area contributed by atoms with Crippen LogP contribution in [0.2, 0.25) is 0 Å². The van der Waals surface area contributed by atoms with Crippen molar-refractivity contribution in [3.8, 4) is 34.0 Å². The molecule has 260 valence electrons. The minimum atomic E-state index is -2.91. The van der Waals surface area contributed by atoms with E-state index in [-0.39, 0.29) is 0 Å². The van der Waals surface area contributed by atoms with Gasteiger partial charge in [0.1, 0.15) is 17.8 Å². The first-order chi connectivity index (χ1) is 27.3. The molecule has 0 aliphatic carbocycles. The van der Waals surface area contributed by atoms with Gasteiger partial charge in [0.15, 0.2) is 8.07 Å². The van der Waals surface area contributed by atoms with E-state index >= 15 is 0 Å². The largest absolute Gasteiger partial charge is 0.459 e. The second kappa shape index (κ2) is 12.6. The number of aromatic nitrogens is 2. The standard InChI is InChI=1S/C50H34N2O2Si/c1-3-16-38(17-4-1)55(39-18-5-2-6-19-39,41-21-12-15-36(31-41)42-23-13-24-44-43-22-7-10-27-48(43)54-49(42)44)40-20-11-14-34(30-40)35-28-29-37-33-53-50-51-45-25-8-9-26-46(45)52(50)47(37)32-35/h1-32H,33H2. The quantitative estimate of drug-likeness (QED) is 0.127. The molecular weight excluding hydrogens is 689 g/mol. The molecule has 10 aromatic rings. The molecule has 4 nitrogen and oxygen atoms in total. The monoisotopic (exact) mass is 722 g/mol. The Labute approximate surface area is 319 Å². The van der Waals surface area contributed by atoms with Crippen molar-refractivity contribution in [2.75, 3.05) is 0 Å². The maximum atomic E-state index is 6.56. The fraction of sp³-hybridized carbons (Fsp3) is 0.0200. The highest BCUT2D eigenvalue weighted by atomic mass is 28.3. The van der Waals surface area contributed by atoms with Crippen LogP contribution in [0.1, 0.15) is 5.56 Å². The van der Waals surface area contributed by atoms with E-state index in [1.807, 2.05) is 18.2 Å². The molecule has 5 heteroatoms. The number of benzene rings is 8. The van der Waals surface area contributed by atoms with Crippen molar-refractivity contribution < 1.29 is 9.15 Å². The highest BCUT2D eigenvalue weighted by Crippen LogP contribution is 2.37. The van der Waals surface area contributed by atoms with E-state index < -0.39 is 8.07 Å². The van der Waals surface area contributed by atoms with E-state index in [1.54, 1.807) is 0 Å². The van der Waals surface area contributed by atoms with Crippen LogP contribution in [0.15, 0.2) is 199 Å². The van der Waals surface area contributed by atoms with Gasteiger partial charge in [0.25, 0.3) is 0 Å². The lowest BCUT2D eigenvalue weighted by atomic mass is 10.0. The van der Waals surface area contributed by atoms with Crippen LogP contribution in [-0.4, -0.2) is 17.6 Å². The summed E-state index contributed by atoms with van der Waals surface area (Å²) in [4.78, 5) is 4.80. The molecule has 0 saturated carbocycles. The van der Waals surface area contributed by atoms with E-state index in [2.05, 4.69) is 180 Å². The second-order valence-electron chi connectivity index (χ2n) is 14.3. The Kier molecular flexibility index (Phi) is 7.22. The van der Waals surface area contributed by atoms with Crippen LogP contribution in [0.4, 0.5) is 0 Å². The number of ether oxygens (including phenoxy) is 1. The van der Waals surface area contributed by atoms with E-state index in [0.717, 1.165) is 60.9 Å². The van der Waals surface area contributed by atoms with Gasteiger partial charge < -0.3 is 9.15 Å². The van der Waals surface area contributed by atoms with Crippen molar-refractivity contribution in [1.29, 1.82) is 0 Å². The molecule has 0 fully saturated rings. The molecule has 1 aliphatic heterocycles. The maximum absolute atomic E-state index is 6.56. The zero-order chi connectivity index (χ0) is 36.3. The lowest BCUT2D eigenvalue weighted by molar-refractivity contribution is 0.266. The summed E-state index contributed by atoms with van der Waals surface area (Å²) in [6.45, 7) is 0.495. The summed E-state index contributed by atoms with van der Waals surface area (Å²) >= 11 is 0. The number of imidazole rings is 1. The summed E-state index contributed by atoms with van der Waals surface area (Å²) in [5, 5.41) is 7.55. The van der Waals surface area contributed by atoms with Gasteiger partial charge in [-0.15, -0.1) is 0 Å². The van der Waals surface area contributed by atoms with Gasteiger partial charge in [-0.1, -0.05) is 170 Å². The Morgan fingerprint density at radius 2 is 1.11 bits per heavy atom. The van der Waals surface area contributed by atoms with Crippen LogP contribution in [0.5, 0.6) is 6.01 Å². The van der Waals surface area contributed by atoms with Crippen molar-refractivity contribution in [1.82, 2.24) is 9.55 Å². The first kappa shape index (κ1) is 31.6. The molecule has 0 spiro atoms. The van der Waals surface area contributed by atoms with Crippen LogP contribution in [0.3, 0.4) is 0 Å². The smallest absolute Gasteiger partial charge is 0.302 e. The van der Waals surface area contributed by atoms with Gasteiger partial charge >= 0.3 is 6.01 Å². The Bertz CT molecular complexity index is 3020. The van der Waals surface area contributed by atoms with Crippen molar-refractivity contribution in [3.63, 3.8) is 0 Å². The van der Waals surface area contributed by atoms with Gasteiger partial charge in [0, 0.05) is 21.9 Å². The summed E-state index contributed by atoms with van der Waals surface area (Å²) in [6.07, 6.45) is 0. The molecule has 0 saturated heterocycles. The summed E-state index contributed by atoms with van der Waals surface area (Å²) in [5.74, 6) is 0. The van der Waals surface area contributed by atoms with Crippen molar-refractivity contribution in [3.05, 3.63) is 200 Å². The average molecular weight is 723 g/mol. The van der Waals surface area contributed by atoms with E-state index in [9.17, 15) is 0 Å². The Morgan fingerprint density at radius 1 is 0.491 bits per heavy atom. The highest BCUT2D eigenvalue weighted by molar-refractivity contribution is 7.20. The van der Waals surface area contributed by atoms with Crippen molar-refractivity contribution in [2.24, 2.45) is 0 Å². The summed E-state index contributed by atoms with van der Waals surface area (Å²) in [5.41, 5.74) is 10.6. The number of rotatable bonds is 6. The van der Waals surface area contributed by atoms with Gasteiger partial charge in [-0.3, -0.25) is 4.57 Å². The van der Waals surface area contributed by atoms with Crippen LogP contribution in [0.25, 0.3) is 60.9 Å². The zero-order valence-electron chi connectivity index (χ0n) is 29.9. The van der Waals surface area contributed by atoms with Gasteiger partial charge in [0.2, 0.25) is 0 Å². The minimum Gasteiger partial charge on any atom is -0.459 e. The number of furan rings is 1. The highest BCUT2D eigenvalue weighted by Gasteiger charge is 2.42. The molecule has 2 aromatic heterocycles. The second-order valence-corrected chi connectivity index (χ2v) is 18.1. The number of fused-ring (bicyclic) bond motifs is 8. The third-order valence-electron chi connectivity index (χ3n) is 11.3. The van der Waals surface area contributed by atoms with Crippen molar-refractivity contribution in [2.45, 2.75) is 6.61 Å². The SMILES string of the molecule is c1ccc([Si](c2ccccc2)(c2cccc(-c3ccc4c(c3)-n3c(nc5ccccc53)OC4)c2)c2cccc(-c3cccc4c3oc3ccccc34)c2)cc1. The number of hydrogen-bond acceptors (Lipinski definition) is 3. The molecule has 0 bridgehead atoms. The lowest BCUT2D eigenvalue weighted by Gasteiger charge is -2.35. The number of hydrogen-bond donors (Lipinski definition) is 0. The Morgan fingerprint density at radius 3 is 1.91 bits per heavy atom. The molecule has 8 aromatic carbocycles. The minimum absolute atomic E-state index is 0.495. The molecule has 0 unspecified atom stereocenters. The van der Waals surface area contributed by atoms with E-state index in [1.165, 1.54) is 26.3 Å². The molecule has 0 radical (unpaired) electrons. The van der Waals surface area contributed by atoms with Crippen molar-refractivity contribution >= 4 is 61.8 Å². The normalized spacial score (nSPS) is 12.4. The molecular formula is C50H34N2O2Si. The fourth-order valence-electron chi connectivity index (χ4n) is 8.75. The predicted octanol–water partition coefficient (Wildman–Crippen LogP) is 9.53. The average Bonchev–Trinajstić information content (AvgIpc) is 3.84. The molecule has 0 atom stereocenters. The fourth-order valence-corrected chi connectivity index (χ4v) is 13.6. The first-order valence-electron chi connectivity index (χ1n) is 18.7. The van der Waals surface area contributed by atoms with Gasteiger partial charge in [-0.05, 0) is 61.7 Å². The van der Waals surface area contributed by atoms with E-state index in [4.69, 9.17) is 14.1 Å². The first-order valence-corrected chi connectivity index (χ1v) is 20.7. The number of para-hydroxylation sites is 4. The summed E-state index contributed by atoms with van der Waals surface area (Å²) in [6, 6.07) is 71.1. The molecule has 1 aliphatic rings. The molecule has 0 N–H and O–H groups in total. The Balaban J connectivity index is 1.13. The zero-order valence-corrected chi connectivity index (χ0v) is 30.9. The van der Waals surface area contributed by atoms with E-state index in [0.29, 0.717) is 12.6 Å². The summed E-state index contributed by atoms with van der Waals surface area (Å²) < 4.78 is 14.8. The molecule has 55 heavy (non-hydrogen) atoms. The van der Waals surface area contributed by atoms with Crippen LogP contribution < -0.4 is 25.5 Å². The predicted molar refractivity (Wildman–Crippen MR) is 227 cm³/mol. The van der Waals surface area contributed by atoms with Gasteiger partial charge in [-0.2, -0.15) is 4.98 Å². The topological polar surface area (TPSA) is 40.2 Å². The maximum Gasteiger partial charge on any atom is 0.302 e. The summed E-state index contributed by atoms with van der Waals surface area (Å²) in [7, 11) is -2.91. The van der Waals surface area contributed by atoms with Crippen LogP contribution in [0, 0.1) is 0 Å². The third-order valence-corrected chi connectivity index (χ3v) is 16.0. The number of nitrogens with zero attached hydrogens (tertiary/aromatic N) is 2. The molecule has 0 amide bonds. The lowest BCUT2D eigenvalue weighted by Crippen LogP contribution is -2.74. The molecule has 3 heterocycles. The van der Waals surface area contributed by atoms with Gasteiger partial charge in [0.05, 0.1) is 16.7 Å². The van der Waals surface area contributed by atoms with Crippen LogP contribution >= 0.6 is 0 Å². The molecule has 11 rings (SSSR count).